The fraction of sp³-hybridized carbons (Fsp3) is 0.727. The number of nitrogens with zero attached hydrogens (tertiary/aromatic N) is 2. The molecule has 0 amide bonds. The summed E-state index contributed by atoms with van der Waals surface area (Å²) >= 11 is 0. The summed E-state index contributed by atoms with van der Waals surface area (Å²) in [6.45, 7) is 4.36. The smallest absolute Gasteiger partial charge is 0.0518 e. The summed E-state index contributed by atoms with van der Waals surface area (Å²) < 4.78 is 2.05. The van der Waals surface area contributed by atoms with Crippen LogP contribution in [0.25, 0.3) is 0 Å². The Balaban J connectivity index is 1.67. The highest BCUT2D eigenvalue weighted by Gasteiger charge is 2.12. The maximum Gasteiger partial charge on any atom is 0.0518 e. The molecule has 3 nitrogen and oxygen atoms in total. The number of hydrogen-bond acceptors (Lipinski definition) is 2. The second-order valence-corrected chi connectivity index (χ2v) is 4.22. The second-order valence-electron chi connectivity index (χ2n) is 4.22. The minimum Gasteiger partial charge on any atom is -0.314 e. The van der Waals surface area contributed by atoms with Crippen LogP contribution in [0.2, 0.25) is 0 Å². The molecule has 1 unspecified atom stereocenters. The first-order valence-corrected chi connectivity index (χ1v) is 5.57. The predicted molar refractivity (Wildman–Crippen MR) is 57.2 cm³/mol. The summed E-state index contributed by atoms with van der Waals surface area (Å²) in [7, 11) is 0. The molecule has 2 heterocycles. The molecule has 2 rings (SSSR count). The highest BCUT2D eigenvalue weighted by molar-refractivity contribution is 4.99. The van der Waals surface area contributed by atoms with Gasteiger partial charge in [0, 0.05) is 18.8 Å². The van der Waals surface area contributed by atoms with E-state index < -0.39 is 0 Å². The van der Waals surface area contributed by atoms with E-state index in [4.69, 9.17) is 0 Å². The van der Waals surface area contributed by atoms with E-state index in [9.17, 15) is 0 Å². The van der Waals surface area contributed by atoms with Gasteiger partial charge in [0.2, 0.25) is 0 Å². The molecule has 1 atom stereocenters. The lowest BCUT2D eigenvalue weighted by Crippen LogP contribution is -2.21. The zero-order chi connectivity index (χ0) is 9.80. The lowest BCUT2D eigenvalue weighted by molar-refractivity contribution is 0.484. The van der Waals surface area contributed by atoms with Crippen molar-refractivity contribution in [3.63, 3.8) is 0 Å². The van der Waals surface area contributed by atoms with Gasteiger partial charge in [0.1, 0.15) is 0 Å². The van der Waals surface area contributed by atoms with E-state index in [1.807, 2.05) is 10.9 Å². The minimum absolute atomic E-state index is 0.770. The van der Waals surface area contributed by atoms with Crippen molar-refractivity contribution in [1.82, 2.24) is 15.1 Å². The van der Waals surface area contributed by atoms with Crippen LogP contribution in [0.5, 0.6) is 0 Å². The van der Waals surface area contributed by atoms with E-state index in [1.165, 1.54) is 37.8 Å². The van der Waals surface area contributed by atoms with E-state index in [0.717, 1.165) is 12.6 Å². The molecule has 0 aliphatic carbocycles. The van der Waals surface area contributed by atoms with Crippen molar-refractivity contribution in [2.75, 3.05) is 6.54 Å². The van der Waals surface area contributed by atoms with E-state index >= 15 is 0 Å². The fourth-order valence-corrected chi connectivity index (χ4v) is 2.09. The first-order chi connectivity index (χ1) is 6.84. The van der Waals surface area contributed by atoms with E-state index in [0.29, 0.717) is 0 Å². The number of rotatable bonds is 4. The molecule has 78 valence electrons. The maximum atomic E-state index is 4.28. The van der Waals surface area contributed by atoms with Crippen molar-refractivity contribution >= 4 is 0 Å². The number of hydrogen-bond donors (Lipinski definition) is 1. The number of nitrogens with one attached hydrogen (secondary N) is 1. The number of aromatic nitrogens is 2. The summed E-state index contributed by atoms with van der Waals surface area (Å²) in [6.07, 6.45) is 9.28. The highest BCUT2D eigenvalue weighted by Crippen LogP contribution is 2.11. The zero-order valence-corrected chi connectivity index (χ0v) is 8.87. The molecule has 14 heavy (non-hydrogen) atoms. The van der Waals surface area contributed by atoms with E-state index in [-0.39, 0.29) is 0 Å². The molecule has 1 aliphatic rings. The van der Waals surface area contributed by atoms with Crippen molar-refractivity contribution in [2.24, 2.45) is 0 Å². The van der Waals surface area contributed by atoms with Crippen LogP contribution in [0.1, 0.15) is 31.2 Å². The summed E-state index contributed by atoms with van der Waals surface area (Å²) in [5.41, 5.74) is 1.25. The van der Waals surface area contributed by atoms with Crippen molar-refractivity contribution < 1.29 is 0 Å². The Hall–Kier alpha value is -0.830. The zero-order valence-electron chi connectivity index (χ0n) is 8.87. The Morgan fingerprint density at radius 1 is 1.64 bits per heavy atom. The summed E-state index contributed by atoms with van der Waals surface area (Å²) in [4.78, 5) is 0. The second kappa shape index (κ2) is 4.60. The average Bonchev–Trinajstić information content (AvgIpc) is 2.77. The van der Waals surface area contributed by atoms with Crippen LogP contribution in [-0.4, -0.2) is 22.4 Å². The van der Waals surface area contributed by atoms with Gasteiger partial charge in [-0.3, -0.25) is 4.68 Å². The minimum atomic E-state index is 0.770. The SMILES string of the molecule is Cc1cnn(CCCC2CCCN2)c1. The summed E-state index contributed by atoms with van der Waals surface area (Å²) in [5, 5.41) is 7.79. The van der Waals surface area contributed by atoms with Crippen molar-refractivity contribution in [3.8, 4) is 0 Å². The molecule has 1 N–H and O–H groups in total. The molecule has 0 radical (unpaired) electrons. The molecule has 0 saturated carbocycles. The van der Waals surface area contributed by atoms with Gasteiger partial charge in [0.05, 0.1) is 6.20 Å². The third-order valence-corrected chi connectivity index (χ3v) is 2.86. The van der Waals surface area contributed by atoms with Gasteiger partial charge in [-0.2, -0.15) is 5.10 Å². The van der Waals surface area contributed by atoms with Crippen molar-refractivity contribution in [1.29, 1.82) is 0 Å². The van der Waals surface area contributed by atoms with Crippen LogP contribution in [0.4, 0.5) is 0 Å². The van der Waals surface area contributed by atoms with Crippen molar-refractivity contribution in [3.05, 3.63) is 18.0 Å². The van der Waals surface area contributed by atoms with Gasteiger partial charge in [-0.05, 0) is 44.7 Å². The van der Waals surface area contributed by atoms with Gasteiger partial charge >= 0.3 is 0 Å². The molecule has 1 saturated heterocycles. The monoisotopic (exact) mass is 193 g/mol. The van der Waals surface area contributed by atoms with Crippen LogP contribution in [0, 0.1) is 6.92 Å². The highest BCUT2D eigenvalue weighted by atomic mass is 15.3. The molecular weight excluding hydrogens is 174 g/mol. The molecule has 1 aromatic rings. The van der Waals surface area contributed by atoms with Gasteiger partial charge in [-0.25, -0.2) is 0 Å². The predicted octanol–water partition coefficient (Wildman–Crippen LogP) is 1.72. The quantitative estimate of drug-likeness (QED) is 0.789. The lowest BCUT2D eigenvalue weighted by Gasteiger charge is -2.09. The van der Waals surface area contributed by atoms with Crippen LogP contribution < -0.4 is 5.32 Å². The van der Waals surface area contributed by atoms with Gasteiger partial charge in [-0.15, -0.1) is 0 Å². The summed E-state index contributed by atoms with van der Waals surface area (Å²) in [5.74, 6) is 0. The van der Waals surface area contributed by atoms with Crippen LogP contribution >= 0.6 is 0 Å². The molecule has 3 heteroatoms. The van der Waals surface area contributed by atoms with Crippen molar-refractivity contribution in [2.45, 2.75) is 45.2 Å². The molecular formula is C11H19N3. The third kappa shape index (κ3) is 2.58. The van der Waals surface area contributed by atoms with Crippen LogP contribution in [-0.2, 0) is 6.54 Å². The Kier molecular flexibility index (Phi) is 3.19. The first kappa shape index (κ1) is 9.71. The third-order valence-electron chi connectivity index (χ3n) is 2.86. The molecule has 0 aromatic carbocycles. The lowest BCUT2D eigenvalue weighted by atomic mass is 10.1. The topological polar surface area (TPSA) is 29.9 Å². The Morgan fingerprint density at radius 3 is 3.21 bits per heavy atom. The normalized spacial score (nSPS) is 21.6. The Labute approximate surface area is 85.5 Å². The largest absolute Gasteiger partial charge is 0.314 e. The van der Waals surface area contributed by atoms with Gasteiger partial charge in [-0.1, -0.05) is 0 Å². The molecule has 1 aromatic heterocycles. The molecule has 0 spiro atoms. The first-order valence-electron chi connectivity index (χ1n) is 5.57. The fourth-order valence-electron chi connectivity index (χ4n) is 2.09. The number of aryl methyl sites for hydroxylation is 2. The van der Waals surface area contributed by atoms with Crippen LogP contribution in [0.3, 0.4) is 0 Å². The van der Waals surface area contributed by atoms with Gasteiger partial charge in [0.15, 0.2) is 0 Å². The van der Waals surface area contributed by atoms with Crippen LogP contribution in [0.15, 0.2) is 12.4 Å². The van der Waals surface area contributed by atoms with E-state index in [2.05, 4.69) is 23.5 Å². The molecule has 1 fully saturated rings. The standard InChI is InChI=1S/C11H19N3/c1-10-8-13-14(9-10)7-3-5-11-4-2-6-12-11/h8-9,11-12H,2-7H2,1H3. The van der Waals surface area contributed by atoms with Gasteiger partial charge < -0.3 is 5.32 Å². The molecule has 0 bridgehead atoms. The Bertz CT molecular complexity index is 274. The average molecular weight is 193 g/mol. The Morgan fingerprint density at radius 2 is 2.57 bits per heavy atom. The summed E-state index contributed by atoms with van der Waals surface area (Å²) in [6, 6.07) is 0.770. The maximum absolute atomic E-state index is 4.28. The van der Waals surface area contributed by atoms with Gasteiger partial charge in [0.25, 0.3) is 0 Å². The van der Waals surface area contributed by atoms with E-state index in [1.54, 1.807) is 0 Å². The molecule has 1 aliphatic heterocycles.